The lowest BCUT2D eigenvalue weighted by Gasteiger charge is -2.20. The van der Waals surface area contributed by atoms with E-state index in [0.717, 1.165) is 24.2 Å². The highest BCUT2D eigenvalue weighted by Crippen LogP contribution is 2.34. The summed E-state index contributed by atoms with van der Waals surface area (Å²) in [5, 5.41) is 7.31. The topological polar surface area (TPSA) is 85.7 Å². The fourth-order valence-electron chi connectivity index (χ4n) is 3.85. The van der Waals surface area contributed by atoms with Gasteiger partial charge in [0.25, 0.3) is 11.8 Å². The van der Waals surface area contributed by atoms with Gasteiger partial charge < -0.3 is 19.7 Å². The molecule has 1 aromatic heterocycles. The second kappa shape index (κ2) is 9.13. The Bertz CT molecular complexity index is 1130. The van der Waals surface area contributed by atoms with Crippen LogP contribution in [0.3, 0.4) is 0 Å². The molecule has 1 fully saturated rings. The van der Waals surface area contributed by atoms with Gasteiger partial charge in [-0.1, -0.05) is 18.2 Å². The maximum atomic E-state index is 13.2. The third-order valence-corrected chi connectivity index (χ3v) is 5.52. The Kier molecular flexibility index (Phi) is 6.11. The number of nitrogens with zero attached hydrogens (tertiary/aromatic N) is 3. The smallest absolute Gasteiger partial charge is 0.276 e. The van der Waals surface area contributed by atoms with Gasteiger partial charge in [-0.25, -0.2) is 4.68 Å². The summed E-state index contributed by atoms with van der Waals surface area (Å²) < 4.78 is 12.5. The lowest BCUT2D eigenvalue weighted by molar-refractivity contribution is 0.0793. The number of aromatic nitrogens is 2. The molecule has 166 valence electrons. The van der Waals surface area contributed by atoms with Crippen LogP contribution in [0.5, 0.6) is 11.5 Å². The zero-order chi connectivity index (χ0) is 22.7. The van der Waals surface area contributed by atoms with Crippen molar-refractivity contribution < 1.29 is 19.1 Å². The van der Waals surface area contributed by atoms with Crippen LogP contribution >= 0.6 is 0 Å². The molecule has 0 radical (unpaired) electrons. The van der Waals surface area contributed by atoms with Gasteiger partial charge in [0.15, 0.2) is 17.2 Å². The summed E-state index contributed by atoms with van der Waals surface area (Å²) >= 11 is 0. The van der Waals surface area contributed by atoms with E-state index in [9.17, 15) is 9.59 Å². The average Bonchev–Trinajstić information content (AvgIpc) is 3.49. The predicted molar refractivity (Wildman–Crippen MR) is 121 cm³/mol. The molecule has 1 aliphatic heterocycles. The van der Waals surface area contributed by atoms with Gasteiger partial charge in [0.2, 0.25) is 0 Å². The number of benzene rings is 2. The number of hydrogen-bond acceptors (Lipinski definition) is 5. The van der Waals surface area contributed by atoms with Gasteiger partial charge in [-0.05, 0) is 44.0 Å². The second-order valence-electron chi connectivity index (χ2n) is 7.62. The summed E-state index contributed by atoms with van der Waals surface area (Å²) in [7, 11) is 3.02. The standard InChI is InChI=1S/C24H26N4O4/c1-16-13-20(26-28(16)17-9-5-4-6-10-17)23(29)25-19-15-22(32-3)21(31-2)14-18(19)24(30)27-11-7-8-12-27/h4-6,9-10,13-15H,7-8,11-12H2,1-3H3,(H,25,29). The fraction of sp³-hybridized carbons (Fsp3) is 0.292. The van der Waals surface area contributed by atoms with Crippen molar-refractivity contribution in [3.63, 3.8) is 0 Å². The molecule has 4 rings (SSSR count). The number of carbonyl (C=O) groups excluding carboxylic acids is 2. The van der Waals surface area contributed by atoms with E-state index in [1.807, 2.05) is 37.3 Å². The Morgan fingerprint density at radius 1 is 0.969 bits per heavy atom. The van der Waals surface area contributed by atoms with Gasteiger partial charge in [0.05, 0.1) is 31.2 Å². The first-order valence-corrected chi connectivity index (χ1v) is 10.5. The number of nitrogens with one attached hydrogen (secondary N) is 1. The molecule has 0 atom stereocenters. The summed E-state index contributed by atoms with van der Waals surface area (Å²) in [4.78, 5) is 28.0. The van der Waals surface area contributed by atoms with Crippen LogP contribution in [0.4, 0.5) is 5.69 Å². The molecule has 8 heteroatoms. The van der Waals surface area contributed by atoms with Crippen LogP contribution in [0.2, 0.25) is 0 Å². The molecule has 0 spiro atoms. The van der Waals surface area contributed by atoms with Crippen molar-refractivity contribution in [3.8, 4) is 17.2 Å². The number of rotatable bonds is 6. The number of hydrogen-bond donors (Lipinski definition) is 1. The van der Waals surface area contributed by atoms with Gasteiger partial charge in [0, 0.05) is 24.8 Å². The molecule has 1 aliphatic rings. The summed E-state index contributed by atoms with van der Waals surface area (Å²) in [6, 6.07) is 14.5. The molecule has 0 saturated carbocycles. The summed E-state index contributed by atoms with van der Waals surface area (Å²) in [6.45, 7) is 3.28. The van der Waals surface area contributed by atoms with E-state index in [1.54, 1.807) is 27.8 Å². The quantitative estimate of drug-likeness (QED) is 0.640. The molecule has 1 saturated heterocycles. The Balaban J connectivity index is 1.67. The number of para-hydroxylation sites is 1. The minimum absolute atomic E-state index is 0.148. The fourth-order valence-corrected chi connectivity index (χ4v) is 3.85. The van der Waals surface area contributed by atoms with Crippen LogP contribution in [0, 0.1) is 6.92 Å². The predicted octanol–water partition coefficient (Wildman–Crippen LogP) is 3.69. The molecular formula is C24H26N4O4. The van der Waals surface area contributed by atoms with Crippen molar-refractivity contribution in [3.05, 3.63) is 65.5 Å². The third kappa shape index (κ3) is 4.16. The van der Waals surface area contributed by atoms with E-state index in [1.165, 1.54) is 14.2 Å². The lowest BCUT2D eigenvalue weighted by Crippen LogP contribution is -2.29. The first-order valence-electron chi connectivity index (χ1n) is 10.5. The van der Waals surface area contributed by atoms with Crippen molar-refractivity contribution in [2.24, 2.45) is 0 Å². The van der Waals surface area contributed by atoms with Gasteiger partial charge in [-0.15, -0.1) is 0 Å². The maximum Gasteiger partial charge on any atom is 0.276 e. The average molecular weight is 434 g/mol. The van der Waals surface area contributed by atoms with E-state index in [-0.39, 0.29) is 11.6 Å². The molecule has 8 nitrogen and oxygen atoms in total. The lowest BCUT2D eigenvalue weighted by atomic mass is 10.1. The number of carbonyl (C=O) groups is 2. The number of aryl methyl sites for hydroxylation is 1. The van der Waals surface area contributed by atoms with E-state index in [2.05, 4.69) is 10.4 Å². The van der Waals surface area contributed by atoms with Crippen molar-refractivity contribution in [2.75, 3.05) is 32.6 Å². The Hall–Kier alpha value is -3.81. The van der Waals surface area contributed by atoms with E-state index in [4.69, 9.17) is 9.47 Å². The highest BCUT2D eigenvalue weighted by atomic mass is 16.5. The number of anilines is 1. The van der Waals surface area contributed by atoms with Crippen LogP contribution in [0.15, 0.2) is 48.5 Å². The summed E-state index contributed by atoms with van der Waals surface area (Å²) in [5.41, 5.74) is 2.65. The molecule has 0 unspecified atom stereocenters. The van der Waals surface area contributed by atoms with Crippen molar-refractivity contribution in [1.29, 1.82) is 0 Å². The monoisotopic (exact) mass is 434 g/mol. The Morgan fingerprint density at radius 3 is 2.28 bits per heavy atom. The number of likely N-dealkylation sites (tertiary alicyclic amines) is 1. The van der Waals surface area contributed by atoms with Crippen LogP contribution < -0.4 is 14.8 Å². The minimum atomic E-state index is -0.412. The van der Waals surface area contributed by atoms with Crippen molar-refractivity contribution >= 4 is 17.5 Å². The van der Waals surface area contributed by atoms with Crippen molar-refractivity contribution in [1.82, 2.24) is 14.7 Å². The van der Waals surface area contributed by atoms with E-state index < -0.39 is 5.91 Å². The summed E-state index contributed by atoms with van der Waals surface area (Å²) in [6.07, 6.45) is 1.94. The van der Waals surface area contributed by atoms with Crippen LogP contribution in [-0.2, 0) is 0 Å². The Labute approximate surface area is 186 Å². The van der Waals surface area contributed by atoms with Crippen LogP contribution in [0.25, 0.3) is 5.69 Å². The van der Waals surface area contributed by atoms with Crippen LogP contribution in [-0.4, -0.2) is 53.8 Å². The molecule has 1 N–H and O–H groups in total. The zero-order valence-electron chi connectivity index (χ0n) is 18.4. The van der Waals surface area contributed by atoms with Crippen LogP contribution in [0.1, 0.15) is 39.4 Å². The molecule has 2 heterocycles. The molecule has 0 bridgehead atoms. The largest absolute Gasteiger partial charge is 0.493 e. The molecule has 32 heavy (non-hydrogen) atoms. The molecule has 3 aromatic rings. The number of ether oxygens (including phenoxy) is 2. The normalized spacial score (nSPS) is 13.2. The number of amides is 2. The van der Waals surface area contributed by atoms with Gasteiger partial charge in [0.1, 0.15) is 0 Å². The second-order valence-corrected chi connectivity index (χ2v) is 7.62. The first-order chi connectivity index (χ1) is 15.5. The van der Waals surface area contributed by atoms with Gasteiger partial charge in [-0.3, -0.25) is 9.59 Å². The van der Waals surface area contributed by atoms with Gasteiger partial charge in [-0.2, -0.15) is 5.10 Å². The first kappa shape index (κ1) is 21.4. The third-order valence-electron chi connectivity index (χ3n) is 5.52. The summed E-state index contributed by atoms with van der Waals surface area (Å²) in [5.74, 6) is 0.291. The highest BCUT2D eigenvalue weighted by Gasteiger charge is 2.25. The van der Waals surface area contributed by atoms with Gasteiger partial charge >= 0.3 is 0 Å². The zero-order valence-corrected chi connectivity index (χ0v) is 18.4. The van der Waals surface area contributed by atoms with E-state index in [0.29, 0.717) is 35.8 Å². The van der Waals surface area contributed by atoms with E-state index >= 15 is 0 Å². The minimum Gasteiger partial charge on any atom is -0.493 e. The Morgan fingerprint density at radius 2 is 1.62 bits per heavy atom. The van der Waals surface area contributed by atoms with Crippen molar-refractivity contribution in [2.45, 2.75) is 19.8 Å². The molecule has 2 aromatic carbocycles. The highest BCUT2D eigenvalue weighted by molar-refractivity contribution is 6.09. The molecular weight excluding hydrogens is 408 g/mol. The SMILES string of the molecule is COc1cc(NC(=O)c2cc(C)n(-c3ccccc3)n2)c(C(=O)N2CCCC2)cc1OC. The maximum absolute atomic E-state index is 13.2. The molecule has 2 amide bonds. The molecule has 0 aliphatic carbocycles. The number of methoxy groups -OCH3 is 2.